The van der Waals surface area contributed by atoms with Crippen molar-refractivity contribution in [1.29, 1.82) is 0 Å². The zero-order chi connectivity index (χ0) is 15.4. The maximum atomic E-state index is 11.8. The molecule has 0 amide bonds. The van der Waals surface area contributed by atoms with Gasteiger partial charge in [0.25, 0.3) is 11.5 Å². The van der Waals surface area contributed by atoms with Gasteiger partial charge < -0.3 is 15.3 Å². The number of hydrogen-bond acceptors (Lipinski definition) is 6. The second kappa shape index (κ2) is 6.66. The van der Waals surface area contributed by atoms with Crippen molar-refractivity contribution in [3.8, 4) is 0 Å². The standard InChI is InChI=1S/C13H15BrN4O3/c1-8(2)21-12(19)5-6-15-13-16-10-7-9(14)3-4-11(10)18(20)17-13/h3-4,7-8H,5-6H2,1-2H3,(H,15,16,17). The van der Waals surface area contributed by atoms with E-state index in [1.807, 2.05) is 0 Å². The number of benzene rings is 1. The Morgan fingerprint density at radius 2 is 2.29 bits per heavy atom. The van der Waals surface area contributed by atoms with Crippen molar-refractivity contribution in [3.63, 3.8) is 0 Å². The first-order valence-electron chi connectivity index (χ1n) is 6.46. The van der Waals surface area contributed by atoms with E-state index < -0.39 is 0 Å². The summed E-state index contributed by atoms with van der Waals surface area (Å²) in [6, 6.07) is 5.11. The second-order valence-corrected chi connectivity index (χ2v) is 5.57. The van der Waals surface area contributed by atoms with Crippen LogP contribution in [0.25, 0.3) is 11.0 Å². The van der Waals surface area contributed by atoms with Crippen molar-refractivity contribution < 1.29 is 14.4 Å². The van der Waals surface area contributed by atoms with Crippen LogP contribution in [0.5, 0.6) is 0 Å². The highest BCUT2D eigenvalue weighted by molar-refractivity contribution is 9.10. The molecule has 0 saturated carbocycles. The van der Waals surface area contributed by atoms with Gasteiger partial charge in [-0.15, -0.1) is 0 Å². The highest BCUT2D eigenvalue weighted by atomic mass is 79.9. The molecule has 0 radical (unpaired) electrons. The SMILES string of the molecule is CC(C)OC(=O)CCNc1nc2cc(Br)ccc2[n+]([O-])n1. The number of nitrogens with one attached hydrogen (secondary N) is 1. The summed E-state index contributed by atoms with van der Waals surface area (Å²) in [5, 5.41) is 18.4. The first-order chi connectivity index (χ1) is 9.95. The van der Waals surface area contributed by atoms with Crippen LogP contribution in [0, 0.1) is 5.21 Å². The lowest BCUT2D eigenvalue weighted by atomic mass is 10.3. The Hall–Kier alpha value is -1.96. The van der Waals surface area contributed by atoms with E-state index in [-0.39, 0.29) is 24.4 Å². The zero-order valence-electron chi connectivity index (χ0n) is 11.7. The molecule has 0 aliphatic rings. The molecule has 0 spiro atoms. The topological polar surface area (TPSA) is 91.0 Å². The molecule has 1 aromatic heterocycles. The lowest BCUT2D eigenvalue weighted by molar-refractivity contribution is -0.641. The molecular weight excluding hydrogens is 340 g/mol. The number of halogens is 1. The molecule has 2 rings (SSSR count). The van der Waals surface area contributed by atoms with Crippen molar-refractivity contribution in [1.82, 2.24) is 10.1 Å². The maximum absolute atomic E-state index is 11.8. The molecule has 112 valence electrons. The molecule has 0 unspecified atom stereocenters. The summed E-state index contributed by atoms with van der Waals surface area (Å²) >= 11 is 3.32. The Kier molecular flexibility index (Phi) is 4.89. The van der Waals surface area contributed by atoms with Gasteiger partial charge in [-0.2, -0.15) is 0 Å². The highest BCUT2D eigenvalue weighted by Gasteiger charge is 2.11. The van der Waals surface area contributed by atoms with Crippen LogP contribution in [0.4, 0.5) is 5.95 Å². The van der Waals surface area contributed by atoms with E-state index in [0.29, 0.717) is 22.4 Å². The smallest absolute Gasteiger partial charge is 0.307 e. The predicted molar refractivity (Wildman–Crippen MR) is 80.5 cm³/mol. The normalized spacial score (nSPS) is 10.9. The third-order valence-electron chi connectivity index (χ3n) is 2.53. The quantitative estimate of drug-likeness (QED) is 0.499. The Balaban J connectivity index is 2.04. The molecular formula is C13H15BrN4O3. The van der Waals surface area contributed by atoms with E-state index in [9.17, 15) is 10.0 Å². The maximum Gasteiger partial charge on any atom is 0.307 e. The number of aromatic nitrogens is 3. The van der Waals surface area contributed by atoms with Crippen LogP contribution >= 0.6 is 15.9 Å². The Labute approximate surface area is 130 Å². The molecule has 2 aromatic rings. The minimum atomic E-state index is -0.309. The average Bonchev–Trinajstić information content (AvgIpc) is 2.37. The van der Waals surface area contributed by atoms with Crippen LogP contribution in [0.1, 0.15) is 20.3 Å². The Morgan fingerprint density at radius 1 is 1.52 bits per heavy atom. The van der Waals surface area contributed by atoms with Gasteiger partial charge in [0.1, 0.15) is 5.52 Å². The van der Waals surface area contributed by atoms with Crippen molar-refractivity contribution in [3.05, 3.63) is 27.9 Å². The summed E-state index contributed by atoms with van der Waals surface area (Å²) in [5.74, 6) is -0.135. The molecule has 7 nitrogen and oxygen atoms in total. The number of esters is 1. The van der Waals surface area contributed by atoms with E-state index in [1.54, 1.807) is 32.0 Å². The molecule has 0 bridgehead atoms. The number of carbonyl (C=O) groups excluding carboxylic acids is 1. The molecule has 8 heteroatoms. The third kappa shape index (κ3) is 4.25. The lowest BCUT2D eigenvalue weighted by Gasteiger charge is -2.08. The fourth-order valence-corrected chi connectivity index (χ4v) is 2.05. The number of rotatable bonds is 5. The van der Waals surface area contributed by atoms with Gasteiger partial charge in [-0.25, -0.2) is 4.98 Å². The van der Waals surface area contributed by atoms with E-state index in [2.05, 4.69) is 31.3 Å². The van der Waals surface area contributed by atoms with Crippen LogP contribution in [0.3, 0.4) is 0 Å². The van der Waals surface area contributed by atoms with Crippen LogP contribution in [0.2, 0.25) is 0 Å². The van der Waals surface area contributed by atoms with E-state index in [0.717, 1.165) is 4.47 Å². The second-order valence-electron chi connectivity index (χ2n) is 4.66. The van der Waals surface area contributed by atoms with Gasteiger partial charge in [-0.3, -0.25) is 4.79 Å². The van der Waals surface area contributed by atoms with Gasteiger partial charge in [0, 0.05) is 17.1 Å². The summed E-state index contributed by atoms with van der Waals surface area (Å²) in [7, 11) is 0. The van der Waals surface area contributed by atoms with Gasteiger partial charge in [-0.05, 0) is 30.8 Å². The largest absolute Gasteiger partial charge is 0.594 e. The first kappa shape index (κ1) is 15.4. The van der Waals surface area contributed by atoms with E-state index >= 15 is 0 Å². The van der Waals surface area contributed by atoms with Crippen LogP contribution in [0.15, 0.2) is 22.7 Å². The third-order valence-corrected chi connectivity index (χ3v) is 3.03. The number of hydrogen-bond donors (Lipinski definition) is 1. The molecule has 0 atom stereocenters. The minimum Gasteiger partial charge on any atom is -0.594 e. The zero-order valence-corrected chi connectivity index (χ0v) is 13.3. The van der Waals surface area contributed by atoms with Crippen molar-refractivity contribution >= 4 is 38.9 Å². The van der Waals surface area contributed by atoms with Gasteiger partial charge in [0.15, 0.2) is 0 Å². The van der Waals surface area contributed by atoms with Gasteiger partial charge in [-0.1, -0.05) is 15.9 Å². The molecule has 1 heterocycles. The van der Waals surface area contributed by atoms with E-state index in [1.165, 1.54) is 0 Å². The van der Waals surface area contributed by atoms with Crippen molar-refractivity contribution in [2.24, 2.45) is 0 Å². The van der Waals surface area contributed by atoms with Gasteiger partial charge >= 0.3 is 5.97 Å². The molecule has 1 aromatic carbocycles. The van der Waals surface area contributed by atoms with Crippen molar-refractivity contribution in [2.75, 3.05) is 11.9 Å². The molecule has 0 aliphatic carbocycles. The molecule has 1 N–H and O–H groups in total. The number of fused-ring (bicyclic) bond motifs is 1. The minimum absolute atomic E-state index is 0.143. The summed E-state index contributed by atoms with van der Waals surface area (Å²) in [4.78, 5) is 16.1. The van der Waals surface area contributed by atoms with Gasteiger partial charge in [0.05, 0.1) is 17.6 Å². The monoisotopic (exact) mass is 354 g/mol. The van der Waals surface area contributed by atoms with E-state index in [4.69, 9.17) is 4.74 Å². The molecule has 21 heavy (non-hydrogen) atoms. The average molecular weight is 355 g/mol. The van der Waals surface area contributed by atoms with Crippen LogP contribution < -0.4 is 10.2 Å². The first-order valence-corrected chi connectivity index (χ1v) is 7.25. The highest BCUT2D eigenvalue weighted by Crippen LogP contribution is 2.15. The number of ether oxygens (including phenoxy) is 1. The lowest BCUT2D eigenvalue weighted by Crippen LogP contribution is -2.33. The predicted octanol–water partition coefficient (Wildman–Crippen LogP) is 1.78. The van der Waals surface area contributed by atoms with Crippen LogP contribution in [-0.2, 0) is 9.53 Å². The Bertz CT molecular complexity index is 663. The summed E-state index contributed by atoms with van der Waals surface area (Å²) < 4.78 is 5.82. The summed E-state index contributed by atoms with van der Waals surface area (Å²) in [5.41, 5.74) is 0.893. The number of carbonyl (C=O) groups is 1. The molecule has 0 fully saturated rings. The van der Waals surface area contributed by atoms with Crippen molar-refractivity contribution in [2.45, 2.75) is 26.4 Å². The number of nitrogens with zero attached hydrogens (tertiary/aromatic N) is 3. The Morgan fingerprint density at radius 3 is 3.00 bits per heavy atom. The number of anilines is 1. The van der Waals surface area contributed by atoms with Gasteiger partial charge in [0.2, 0.25) is 0 Å². The fraction of sp³-hybridized carbons (Fsp3) is 0.385. The summed E-state index contributed by atoms with van der Waals surface area (Å²) in [6.45, 7) is 3.87. The molecule has 0 saturated heterocycles. The molecule has 0 aliphatic heterocycles. The van der Waals surface area contributed by atoms with Crippen LogP contribution in [-0.4, -0.2) is 28.7 Å². The summed E-state index contributed by atoms with van der Waals surface area (Å²) in [6.07, 6.45) is 0.0345. The fourth-order valence-electron chi connectivity index (χ4n) is 1.70.